The minimum Gasteiger partial charge on any atom is -0.497 e. The van der Waals surface area contributed by atoms with Gasteiger partial charge < -0.3 is 15.3 Å². The Balaban J connectivity index is 1.74. The second-order valence-electron chi connectivity index (χ2n) is 5.04. The van der Waals surface area contributed by atoms with E-state index in [4.69, 9.17) is 15.3 Å². The maximum Gasteiger partial charge on any atom is 0.210 e. The topological polar surface area (TPSA) is 75.2 Å². The van der Waals surface area contributed by atoms with Crippen LogP contribution in [0.25, 0.3) is 11.4 Å². The molecule has 1 aromatic heterocycles. The highest BCUT2D eigenvalue weighted by Gasteiger charge is 2.12. The van der Waals surface area contributed by atoms with Crippen LogP contribution in [0.4, 0.5) is 0 Å². The number of nitrogens with zero attached hydrogens (tertiary/aromatic N) is 3. The van der Waals surface area contributed by atoms with E-state index in [9.17, 15) is 0 Å². The lowest BCUT2D eigenvalue weighted by Gasteiger charge is -2.06. The molecule has 0 saturated heterocycles. The van der Waals surface area contributed by atoms with Gasteiger partial charge in [0.15, 0.2) is 5.82 Å². The largest absolute Gasteiger partial charge is 0.497 e. The van der Waals surface area contributed by atoms with Gasteiger partial charge in [0, 0.05) is 11.3 Å². The quantitative estimate of drug-likeness (QED) is 0.548. The van der Waals surface area contributed by atoms with Crippen LogP contribution in [0.15, 0.2) is 53.7 Å². The van der Waals surface area contributed by atoms with Crippen molar-refractivity contribution in [3.8, 4) is 22.9 Å². The number of nitrogen functional groups attached to an aromatic ring is 1. The molecule has 0 aliphatic heterocycles. The van der Waals surface area contributed by atoms with Crippen molar-refractivity contribution in [2.24, 2.45) is 0 Å². The third kappa shape index (κ3) is 3.46. The van der Waals surface area contributed by atoms with Gasteiger partial charge in [0.2, 0.25) is 5.16 Å². The molecule has 0 amide bonds. The zero-order chi connectivity index (χ0) is 16.9. The molecule has 3 aromatic rings. The highest BCUT2D eigenvalue weighted by atomic mass is 32.2. The molecule has 0 aliphatic carbocycles. The van der Waals surface area contributed by atoms with E-state index in [0.717, 1.165) is 28.4 Å². The van der Waals surface area contributed by atoms with Crippen molar-refractivity contribution in [2.45, 2.75) is 10.9 Å². The van der Waals surface area contributed by atoms with E-state index < -0.39 is 0 Å². The average molecular weight is 342 g/mol. The molecule has 7 heteroatoms. The molecule has 124 valence electrons. The molecular formula is C17H18N4O2S. The molecule has 0 bridgehead atoms. The second kappa shape index (κ2) is 7.27. The molecule has 0 fully saturated rings. The fourth-order valence-corrected chi connectivity index (χ4v) is 3.02. The standard InChI is InChI=1S/C17H18N4O2S/c1-22-14-8-6-13(7-9-14)16-19-20-17(21(16)18)24-11-12-4-3-5-15(10-12)23-2/h3-10H,11,18H2,1-2H3. The molecule has 0 unspecified atom stereocenters. The fraction of sp³-hybridized carbons (Fsp3) is 0.176. The van der Waals surface area contributed by atoms with Crippen molar-refractivity contribution in [2.75, 3.05) is 20.1 Å². The number of aromatic nitrogens is 3. The predicted molar refractivity (Wildman–Crippen MR) is 94.7 cm³/mol. The highest BCUT2D eigenvalue weighted by molar-refractivity contribution is 7.98. The van der Waals surface area contributed by atoms with Crippen LogP contribution in [0.2, 0.25) is 0 Å². The normalized spacial score (nSPS) is 10.6. The van der Waals surface area contributed by atoms with Crippen LogP contribution in [-0.4, -0.2) is 29.1 Å². The Morgan fingerprint density at radius 3 is 2.46 bits per heavy atom. The van der Waals surface area contributed by atoms with Crippen LogP contribution in [0.5, 0.6) is 11.5 Å². The number of hydrogen-bond acceptors (Lipinski definition) is 6. The first-order valence-corrected chi connectivity index (χ1v) is 8.30. The minimum atomic E-state index is 0.616. The van der Waals surface area contributed by atoms with Crippen molar-refractivity contribution < 1.29 is 9.47 Å². The van der Waals surface area contributed by atoms with E-state index in [-0.39, 0.29) is 0 Å². The molecule has 24 heavy (non-hydrogen) atoms. The van der Waals surface area contributed by atoms with E-state index in [2.05, 4.69) is 10.2 Å². The van der Waals surface area contributed by atoms with Crippen LogP contribution in [-0.2, 0) is 5.75 Å². The molecule has 0 aliphatic rings. The summed E-state index contributed by atoms with van der Waals surface area (Å²) in [4.78, 5) is 0. The smallest absolute Gasteiger partial charge is 0.210 e. The number of benzene rings is 2. The monoisotopic (exact) mass is 342 g/mol. The molecule has 0 spiro atoms. The summed E-state index contributed by atoms with van der Waals surface area (Å²) in [6.45, 7) is 0. The van der Waals surface area contributed by atoms with Gasteiger partial charge in [-0.15, -0.1) is 10.2 Å². The molecule has 0 saturated carbocycles. The Morgan fingerprint density at radius 2 is 1.75 bits per heavy atom. The summed E-state index contributed by atoms with van der Waals surface area (Å²) in [6.07, 6.45) is 0. The van der Waals surface area contributed by atoms with Gasteiger partial charge in [-0.1, -0.05) is 23.9 Å². The van der Waals surface area contributed by atoms with Crippen LogP contribution in [0.3, 0.4) is 0 Å². The Labute approximate surface area is 144 Å². The molecule has 3 rings (SSSR count). The van der Waals surface area contributed by atoms with Gasteiger partial charge in [0.1, 0.15) is 11.5 Å². The molecular weight excluding hydrogens is 324 g/mol. The van der Waals surface area contributed by atoms with Crippen molar-refractivity contribution >= 4 is 11.8 Å². The van der Waals surface area contributed by atoms with Gasteiger partial charge in [-0.25, -0.2) is 4.68 Å². The first kappa shape index (κ1) is 16.2. The van der Waals surface area contributed by atoms with E-state index in [0.29, 0.717) is 11.0 Å². The first-order valence-electron chi connectivity index (χ1n) is 7.32. The lowest BCUT2D eigenvalue weighted by molar-refractivity contribution is 0.414. The summed E-state index contributed by atoms with van der Waals surface area (Å²) < 4.78 is 11.9. The molecule has 2 N–H and O–H groups in total. The maximum atomic E-state index is 6.14. The van der Waals surface area contributed by atoms with Crippen molar-refractivity contribution in [1.29, 1.82) is 0 Å². The summed E-state index contributed by atoms with van der Waals surface area (Å²) in [7, 11) is 3.29. The van der Waals surface area contributed by atoms with Gasteiger partial charge in [0.25, 0.3) is 0 Å². The Kier molecular flexibility index (Phi) is 4.90. The van der Waals surface area contributed by atoms with E-state index in [1.807, 2.05) is 48.5 Å². The lowest BCUT2D eigenvalue weighted by atomic mass is 10.2. The Hall–Kier alpha value is -2.67. The van der Waals surface area contributed by atoms with Gasteiger partial charge >= 0.3 is 0 Å². The molecule has 1 heterocycles. The lowest BCUT2D eigenvalue weighted by Crippen LogP contribution is -2.11. The third-order valence-electron chi connectivity index (χ3n) is 3.51. The minimum absolute atomic E-state index is 0.616. The SMILES string of the molecule is COc1ccc(-c2nnc(SCc3cccc(OC)c3)n2N)cc1. The van der Waals surface area contributed by atoms with Crippen LogP contribution >= 0.6 is 11.8 Å². The van der Waals surface area contributed by atoms with Gasteiger partial charge in [-0.05, 0) is 42.0 Å². The van der Waals surface area contributed by atoms with Gasteiger partial charge in [-0.3, -0.25) is 0 Å². The van der Waals surface area contributed by atoms with E-state index in [1.165, 1.54) is 16.4 Å². The van der Waals surface area contributed by atoms with Crippen molar-refractivity contribution in [3.63, 3.8) is 0 Å². The zero-order valence-corrected chi connectivity index (χ0v) is 14.3. The van der Waals surface area contributed by atoms with E-state index in [1.54, 1.807) is 14.2 Å². The summed E-state index contributed by atoms with van der Waals surface area (Å²) in [5.41, 5.74) is 2.02. The summed E-state index contributed by atoms with van der Waals surface area (Å²) in [6, 6.07) is 15.5. The highest BCUT2D eigenvalue weighted by Crippen LogP contribution is 2.26. The van der Waals surface area contributed by atoms with Crippen LogP contribution in [0.1, 0.15) is 5.56 Å². The molecule has 6 nitrogen and oxygen atoms in total. The van der Waals surface area contributed by atoms with Crippen molar-refractivity contribution in [3.05, 3.63) is 54.1 Å². The summed E-state index contributed by atoms with van der Waals surface area (Å²) in [5, 5.41) is 9.03. The number of nitrogens with two attached hydrogens (primary N) is 1. The van der Waals surface area contributed by atoms with Crippen LogP contribution < -0.4 is 15.3 Å². The number of methoxy groups -OCH3 is 2. The van der Waals surface area contributed by atoms with Gasteiger partial charge in [-0.2, -0.15) is 0 Å². The third-order valence-corrected chi connectivity index (χ3v) is 4.53. The molecule has 2 aromatic carbocycles. The summed E-state index contributed by atoms with van der Waals surface area (Å²) in [5.74, 6) is 9.11. The first-order chi connectivity index (χ1) is 11.7. The number of rotatable bonds is 6. The number of thioether (sulfide) groups is 1. The number of hydrogen-bond donors (Lipinski definition) is 1. The molecule has 0 radical (unpaired) electrons. The molecule has 0 atom stereocenters. The van der Waals surface area contributed by atoms with Gasteiger partial charge in [0.05, 0.1) is 14.2 Å². The Morgan fingerprint density at radius 1 is 1.00 bits per heavy atom. The maximum absolute atomic E-state index is 6.14. The Bertz CT molecular complexity index is 818. The van der Waals surface area contributed by atoms with E-state index >= 15 is 0 Å². The predicted octanol–water partition coefficient (Wildman–Crippen LogP) is 2.97. The average Bonchev–Trinajstić information content (AvgIpc) is 3.01. The zero-order valence-electron chi connectivity index (χ0n) is 13.5. The fourth-order valence-electron chi connectivity index (χ4n) is 2.22. The number of ether oxygens (including phenoxy) is 2. The van der Waals surface area contributed by atoms with Crippen LogP contribution in [0, 0.1) is 0 Å². The summed E-state index contributed by atoms with van der Waals surface area (Å²) >= 11 is 1.53. The second-order valence-corrected chi connectivity index (χ2v) is 5.99. The van der Waals surface area contributed by atoms with Crippen molar-refractivity contribution in [1.82, 2.24) is 14.9 Å².